The number of amides is 1. The standard InChI is InChI=1S/C14H12Cl2N2O/c15-11-5-10(6-12(16)7-11)14(19)18-8-9-3-1-2-4-13(9)17/h1-7H,8,17H2,(H,18,19). The van der Waals surface area contributed by atoms with E-state index < -0.39 is 0 Å². The average Bonchev–Trinajstić information content (AvgIpc) is 2.36. The second-order valence-electron chi connectivity index (χ2n) is 4.04. The van der Waals surface area contributed by atoms with E-state index in [-0.39, 0.29) is 5.91 Å². The zero-order chi connectivity index (χ0) is 13.8. The average molecular weight is 295 g/mol. The topological polar surface area (TPSA) is 55.1 Å². The van der Waals surface area contributed by atoms with Gasteiger partial charge in [0.1, 0.15) is 0 Å². The molecule has 0 atom stereocenters. The van der Waals surface area contributed by atoms with Gasteiger partial charge in [0, 0.05) is 27.8 Å². The highest BCUT2D eigenvalue weighted by atomic mass is 35.5. The van der Waals surface area contributed by atoms with Crippen molar-refractivity contribution in [2.45, 2.75) is 6.54 Å². The second-order valence-corrected chi connectivity index (χ2v) is 4.91. The van der Waals surface area contributed by atoms with E-state index in [9.17, 15) is 4.79 Å². The number of benzene rings is 2. The van der Waals surface area contributed by atoms with Gasteiger partial charge in [0.2, 0.25) is 0 Å². The molecule has 0 aromatic heterocycles. The first-order chi connectivity index (χ1) is 9.06. The number of para-hydroxylation sites is 1. The number of hydrogen-bond acceptors (Lipinski definition) is 2. The summed E-state index contributed by atoms with van der Waals surface area (Å²) >= 11 is 11.7. The molecule has 19 heavy (non-hydrogen) atoms. The first-order valence-corrected chi connectivity index (χ1v) is 6.39. The molecular weight excluding hydrogens is 283 g/mol. The van der Waals surface area contributed by atoms with Gasteiger partial charge in [-0.25, -0.2) is 0 Å². The molecule has 2 rings (SSSR count). The number of anilines is 1. The van der Waals surface area contributed by atoms with Gasteiger partial charge in [0.05, 0.1) is 0 Å². The van der Waals surface area contributed by atoms with Crippen molar-refractivity contribution in [3.63, 3.8) is 0 Å². The van der Waals surface area contributed by atoms with Gasteiger partial charge in [-0.2, -0.15) is 0 Å². The van der Waals surface area contributed by atoms with Gasteiger partial charge in [-0.3, -0.25) is 4.79 Å². The Labute approximate surface area is 121 Å². The minimum atomic E-state index is -0.243. The van der Waals surface area contributed by atoms with Gasteiger partial charge in [0.15, 0.2) is 0 Å². The van der Waals surface area contributed by atoms with Gasteiger partial charge in [-0.1, -0.05) is 41.4 Å². The normalized spacial score (nSPS) is 10.2. The van der Waals surface area contributed by atoms with E-state index in [1.165, 1.54) is 0 Å². The molecule has 0 saturated carbocycles. The van der Waals surface area contributed by atoms with Crippen LogP contribution in [-0.4, -0.2) is 5.91 Å². The number of nitrogens with one attached hydrogen (secondary N) is 1. The molecule has 0 aliphatic rings. The van der Waals surface area contributed by atoms with Crippen molar-refractivity contribution < 1.29 is 4.79 Å². The second kappa shape index (κ2) is 5.95. The van der Waals surface area contributed by atoms with Crippen LogP contribution in [0.2, 0.25) is 10.0 Å². The molecule has 0 bridgehead atoms. The first-order valence-electron chi connectivity index (χ1n) is 5.64. The molecule has 0 spiro atoms. The molecule has 2 aromatic carbocycles. The van der Waals surface area contributed by atoms with Crippen LogP contribution in [0.5, 0.6) is 0 Å². The fraction of sp³-hybridized carbons (Fsp3) is 0.0714. The van der Waals surface area contributed by atoms with Crippen LogP contribution >= 0.6 is 23.2 Å². The quantitative estimate of drug-likeness (QED) is 0.851. The Hall–Kier alpha value is -1.71. The van der Waals surface area contributed by atoms with Crippen molar-refractivity contribution in [2.75, 3.05) is 5.73 Å². The molecule has 2 aromatic rings. The lowest BCUT2D eigenvalue weighted by Crippen LogP contribution is -2.23. The maximum absolute atomic E-state index is 12.0. The van der Waals surface area contributed by atoms with E-state index in [0.717, 1.165) is 5.56 Å². The fourth-order valence-electron chi connectivity index (χ4n) is 1.66. The highest BCUT2D eigenvalue weighted by Crippen LogP contribution is 2.19. The first kappa shape index (κ1) is 13.7. The fourth-order valence-corrected chi connectivity index (χ4v) is 2.18. The molecule has 3 nitrogen and oxygen atoms in total. The summed E-state index contributed by atoms with van der Waals surface area (Å²) in [6, 6.07) is 12.1. The van der Waals surface area contributed by atoms with Gasteiger partial charge in [-0.15, -0.1) is 0 Å². The lowest BCUT2D eigenvalue weighted by molar-refractivity contribution is 0.0951. The zero-order valence-electron chi connectivity index (χ0n) is 9.99. The Morgan fingerprint density at radius 2 is 1.74 bits per heavy atom. The predicted molar refractivity (Wildman–Crippen MR) is 78.5 cm³/mol. The van der Waals surface area contributed by atoms with Crippen LogP contribution in [0.25, 0.3) is 0 Å². The SMILES string of the molecule is Nc1ccccc1CNC(=O)c1cc(Cl)cc(Cl)c1. The third kappa shape index (κ3) is 3.63. The van der Waals surface area contributed by atoms with Crippen molar-refractivity contribution in [1.29, 1.82) is 0 Å². The van der Waals surface area contributed by atoms with E-state index in [1.54, 1.807) is 24.3 Å². The van der Waals surface area contributed by atoms with Gasteiger partial charge in [-0.05, 0) is 29.8 Å². The number of carbonyl (C=O) groups is 1. The highest BCUT2D eigenvalue weighted by molar-refractivity contribution is 6.35. The summed E-state index contributed by atoms with van der Waals surface area (Å²) in [5.41, 5.74) is 7.73. The largest absolute Gasteiger partial charge is 0.398 e. The number of nitrogen functional groups attached to an aromatic ring is 1. The van der Waals surface area contributed by atoms with Crippen LogP contribution in [0.3, 0.4) is 0 Å². The lowest BCUT2D eigenvalue weighted by atomic mass is 10.1. The Bertz CT molecular complexity index is 594. The molecule has 0 aliphatic heterocycles. The molecule has 0 fully saturated rings. The molecule has 1 amide bonds. The minimum absolute atomic E-state index is 0.243. The maximum atomic E-state index is 12.0. The van der Waals surface area contributed by atoms with Crippen molar-refractivity contribution >= 4 is 34.8 Å². The Morgan fingerprint density at radius 3 is 2.37 bits per heavy atom. The summed E-state index contributed by atoms with van der Waals surface area (Å²) in [5, 5.41) is 3.63. The van der Waals surface area contributed by atoms with Gasteiger partial charge >= 0.3 is 0 Å². The summed E-state index contributed by atoms with van der Waals surface area (Å²) in [5.74, 6) is -0.243. The number of hydrogen-bond donors (Lipinski definition) is 2. The van der Waals surface area contributed by atoms with Crippen molar-refractivity contribution in [3.8, 4) is 0 Å². The van der Waals surface area contributed by atoms with E-state index in [2.05, 4.69) is 5.32 Å². The Balaban J connectivity index is 2.08. The molecule has 0 aliphatic carbocycles. The van der Waals surface area contributed by atoms with E-state index in [1.807, 2.05) is 18.2 Å². The molecule has 0 radical (unpaired) electrons. The highest BCUT2D eigenvalue weighted by Gasteiger charge is 2.08. The summed E-state index contributed by atoms with van der Waals surface area (Å²) < 4.78 is 0. The lowest BCUT2D eigenvalue weighted by Gasteiger charge is -2.08. The molecular formula is C14H12Cl2N2O. The maximum Gasteiger partial charge on any atom is 0.251 e. The van der Waals surface area contributed by atoms with E-state index in [0.29, 0.717) is 27.8 Å². The predicted octanol–water partition coefficient (Wildman–Crippen LogP) is 3.51. The number of halogens is 2. The summed E-state index contributed by atoms with van der Waals surface area (Å²) in [4.78, 5) is 12.0. The van der Waals surface area contributed by atoms with Crippen molar-refractivity contribution in [1.82, 2.24) is 5.32 Å². The Morgan fingerprint density at radius 1 is 1.11 bits per heavy atom. The van der Waals surface area contributed by atoms with Crippen LogP contribution in [-0.2, 0) is 6.54 Å². The molecule has 5 heteroatoms. The number of rotatable bonds is 3. The van der Waals surface area contributed by atoms with Gasteiger partial charge < -0.3 is 11.1 Å². The summed E-state index contributed by atoms with van der Waals surface area (Å²) in [7, 11) is 0. The third-order valence-corrected chi connectivity index (χ3v) is 3.06. The van der Waals surface area contributed by atoms with Crippen LogP contribution in [0.1, 0.15) is 15.9 Å². The summed E-state index contributed by atoms with van der Waals surface area (Å²) in [6.45, 7) is 0.357. The van der Waals surface area contributed by atoms with Crippen molar-refractivity contribution in [2.24, 2.45) is 0 Å². The Kier molecular flexibility index (Phi) is 4.30. The minimum Gasteiger partial charge on any atom is -0.398 e. The zero-order valence-corrected chi connectivity index (χ0v) is 11.5. The van der Waals surface area contributed by atoms with Crippen molar-refractivity contribution in [3.05, 3.63) is 63.6 Å². The number of carbonyl (C=O) groups excluding carboxylic acids is 1. The van der Waals surface area contributed by atoms with Crippen LogP contribution < -0.4 is 11.1 Å². The van der Waals surface area contributed by atoms with E-state index >= 15 is 0 Å². The molecule has 3 N–H and O–H groups in total. The van der Waals surface area contributed by atoms with Crippen LogP contribution in [0.4, 0.5) is 5.69 Å². The molecule has 98 valence electrons. The molecule has 0 unspecified atom stereocenters. The van der Waals surface area contributed by atoms with Crippen LogP contribution in [0.15, 0.2) is 42.5 Å². The third-order valence-electron chi connectivity index (χ3n) is 2.62. The number of nitrogens with two attached hydrogens (primary N) is 1. The van der Waals surface area contributed by atoms with E-state index in [4.69, 9.17) is 28.9 Å². The summed E-state index contributed by atoms with van der Waals surface area (Å²) in [6.07, 6.45) is 0. The smallest absolute Gasteiger partial charge is 0.251 e. The van der Waals surface area contributed by atoms with Gasteiger partial charge in [0.25, 0.3) is 5.91 Å². The molecule has 0 heterocycles. The van der Waals surface area contributed by atoms with Crippen LogP contribution in [0, 0.1) is 0 Å². The monoisotopic (exact) mass is 294 g/mol. The molecule has 0 saturated heterocycles.